The molecule has 0 saturated carbocycles. The van der Waals surface area contributed by atoms with Gasteiger partial charge in [0.15, 0.2) is 5.11 Å². The Kier molecular flexibility index (Phi) is 7.60. The maximum absolute atomic E-state index is 11.9. The van der Waals surface area contributed by atoms with Crippen LogP contribution in [0.4, 0.5) is 0 Å². The van der Waals surface area contributed by atoms with Gasteiger partial charge in [-0.2, -0.15) is 0 Å². The van der Waals surface area contributed by atoms with E-state index in [-0.39, 0.29) is 18.1 Å². The van der Waals surface area contributed by atoms with E-state index in [9.17, 15) is 4.79 Å². The van der Waals surface area contributed by atoms with Gasteiger partial charge in [0, 0.05) is 50.0 Å². The molecule has 0 aliphatic carbocycles. The summed E-state index contributed by atoms with van der Waals surface area (Å²) in [4.78, 5) is 21.3. The summed E-state index contributed by atoms with van der Waals surface area (Å²) in [6.45, 7) is 5.41. The Bertz CT molecular complexity index is 1180. The van der Waals surface area contributed by atoms with E-state index >= 15 is 0 Å². The first-order valence-electron chi connectivity index (χ1n) is 12.3. The van der Waals surface area contributed by atoms with Crippen molar-refractivity contribution in [1.29, 1.82) is 0 Å². The number of carbonyl (C=O) groups is 1. The zero-order valence-corrected chi connectivity index (χ0v) is 21.2. The molecule has 2 fully saturated rings. The average Bonchev–Trinajstić information content (AvgIpc) is 3.54. The van der Waals surface area contributed by atoms with E-state index in [1.807, 2.05) is 48.8 Å². The number of hydrogen-bond donors (Lipinski definition) is 1. The first-order chi connectivity index (χ1) is 17.7. The van der Waals surface area contributed by atoms with Crippen molar-refractivity contribution in [2.75, 3.05) is 46.5 Å². The molecule has 36 heavy (non-hydrogen) atoms. The molecule has 1 N–H and O–H groups in total. The smallest absolute Gasteiger partial charge is 0.337 e. The molecular weight excluding hydrogens is 474 g/mol. The predicted octanol–water partition coefficient (Wildman–Crippen LogP) is 3.35. The van der Waals surface area contributed by atoms with E-state index in [1.54, 1.807) is 12.1 Å². The Morgan fingerprint density at radius 1 is 1.11 bits per heavy atom. The van der Waals surface area contributed by atoms with E-state index in [2.05, 4.69) is 30.7 Å². The van der Waals surface area contributed by atoms with Gasteiger partial charge in [-0.3, -0.25) is 9.88 Å². The maximum atomic E-state index is 11.9. The summed E-state index contributed by atoms with van der Waals surface area (Å²) < 4.78 is 12.5. The van der Waals surface area contributed by atoms with Gasteiger partial charge in [0.2, 0.25) is 0 Å². The quantitative estimate of drug-likeness (QED) is 0.369. The number of nitrogens with zero attached hydrogens (tertiary/aromatic N) is 4. The highest BCUT2D eigenvalue weighted by atomic mass is 32.1. The van der Waals surface area contributed by atoms with Crippen LogP contribution in [0, 0.1) is 0 Å². The molecule has 0 spiro atoms. The minimum Gasteiger partial charge on any atom is -0.465 e. The van der Waals surface area contributed by atoms with Crippen LogP contribution in [0.5, 0.6) is 0 Å². The van der Waals surface area contributed by atoms with Crippen LogP contribution in [0.3, 0.4) is 0 Å². The van der Waals surface area contributed by atoms with E-state index in [4.69, 9.17) is 21.7 Å². The van der Waals surface area contributed by atoms with Gasteiger partial charge in [0.25, 0.3) is 0 Å². The SMILES string of the molecule is COC(=O)c1ccc(-n2cccc2[C@H]2[C@@H](c3ccccn3)NC(=S)N2CCCN2CCOCC2)cc1. The van der Waals surface area contributed by atoms with Crippen molar-refractivity contribution >= 4 is 23.3 Å². The number of rotatable bonds is 8. The van der Waals surface area contributed by atoms with Crippen molar-refractivity contribution < 1.29 is 14.3 Å². The van der Waals surface area contributed by atoms with E-state index in [0.29, 0.717) is 5.56 Å². The summed E-state index contributed by atoms with van der Waals surface area (Å²) in [6, 6.07) is 17.5. The summed E-state index contributed by atoms with van der Waals surface area (Å²) in [5.74, 6) is -0.346. The first kappa shape index (κ1) is 24.4. The van der Waals surface area contributed by atoms with Crippen LogP contribution in [0.15, 0.2) is 67.0 Å². The Morgan fingerprint density at radius 3 is 2.64 bits per heavy atom. The fourth-order valence-electron chi connectivity index (χ4n) is 5.00. The highest BCUT2D eigenvalue weighted by molar-refractivity contribution is 7.80. The molecule has 9 heteroatoms. The van der Waals surface area contributed by atoms with Crippen LogP contribution in [-0.4, -0.2) is 76.9 Å². The lowest BCUT2D eigenvalue weighted by Crippen LogP contribution is -2.39. The van der Waals surface area contributed by atoms with Crippen molar-refractivity contribution in [3.05, 3.63) is 83.9 Å². The highest BCUT2D eigenvalue weighted by Crippen LogP contribution is 2.39. The second-order valence-corrected chi connectivity index (χ2v) is 9.36. The van der Waals surface area contributed by atoms with Crippen molar-refractivity contribution in [3.63, 3.8) is 0 Å². The minimum absolute atomic E-state index is 0.0348. The lowest BCUT2D eigenvalue weighted by Gasteiger charge is -2.31. The molecule has 0 amide bonds. The molecule has 5 rings (SSSR count). The van der Waals surface area contributed by atoms with Gasteiger partial charge in [-0.1, -0.05) is 6.07 Å². The number of carbonyl (C=O) groups excluding carboxylic acids is 1. The van der Waals surface area contributed by atoms with Crippen LogP contribution in [0.25, 0.3) is 5.69 Å². The molecule has 2 saturated heterocycles. The zero-order valence-electron chi connectivity index (χ0n) is 20.4. The number of morpholine rings is 1. The van der Waals surface area contributed by atoms with Gasteiger partial charge in [0.05, 0.1) is 43.7 Å². The summed E-state index contributed by atoms with van der Waals surface area (Å²) in [6.07, 6.45) is 4.87. The van der Waals surface area contributed by atoms with Crippen molar-refractivity contribution in [2.45, 2.75) is 18.5 Å². The fraction of sp³-hybridized carbons (Fsp3) is 0.370. The summed E-state index contributed by atoms with van der Waals surface area (Å²) in [5.41, 5.74) is 3.55. The Hall–Kier alpha value is -3.27. The third-order valence-corrected chi connectivity index (χ3v) is 7.18. The lowest BCUT2D eigenvalue weighted by atomic mass is 10.0. The largest absolute Gasteiger partial charge is 0.465 e. The van der Waals surface area contributed by atoms with Gasteiger partial charge in [0.1, 0.15) is 0 Å². The van der Waals surface area contributed by atoms with Crippen LogP contribution >= 0.6 is 12.2 Å². The van der Waals surface area contributed by atoms with Crippen LogP contribution in [-0.2, 0) is 9.47 Å². The topological polar surface area (TPSA) is 71.9 Å². The summed E-state index contributed by atoms with van der Waals surface area (Å²) >= 11 is 5.85. The Morgan fingerprint density at radius 2 is 1.92 bits per heavy atom. The monoisotopic (exact) mass is 505 g/mol. The number of pyridine rings is 1. The number of thiocarbonyl (C=S) groups is 1. The molecule has 2 atom stereocenters. The lowest BCUT2D eigenvalue weighted by molar-refractivity contribution is 0.0365. The molecule has 0 unspecified atom stereocenters. The standard InChI is InChI=1S/C27H31N5O3S/c1-34-26(33)20-8-10-21(11-9-20)31-14-4-7-23(31)25-24(22-6-2-3-12-28-22)29-27(36)32(25)15-5-13-30-16-18-35-19-17-30/h2-4,6-12,14,24-25H,5,13,15-19H2,1H3,(H,29,36)/t24-,25+/m1/s1. The second kappa shape index (κ2) is 11.2. The molecule has 2 aromatic heterocycles. The van der Waals surface area contributed by atoms with Crippen LogP contribution < -0.4 is 5.32 Å². The zero-order chi connectivity index (χ0) is 24.9. The third-order valence-electron chi connectivity index (χ3n) is 6.82. The number of aromatic nitrogens is 2. The second-order valence-electron chi connectivity index (χ2n) is 8.97. The molecule has 0 bridgehead atoms. The third kappa shape index (κ3) is 5.13. The van der Waals surface area contributed by atoms with Crippen LogP contribution in [0.1, 0.15) is 40.3 Å². The van der Waals surface area contributed by atoms with E-state index in [1.165, 1.54) is 7.11 Å². The number of methoxy groups -OCH3 is 1. The van der Waals surface area contributed by atoms with E-state index < -0.39 is 0 Å². The van der Waals surface area contributed by atoms with Gasteiger partial charge < -0.3 is 24.3 Å². The highest BCUT2D eigenvalue weighted by Gasteiger charge is 2.41. The molecule has 0 radical (unpaired) electrons. The molecule has 8 nitrogen and oxygen atoms in total. The first-order valence-corrected chi connectivity index (χ1v) is 12.7. The predicted molar refractivity (Wildman–Crippen MR) is 141 cm³/mol. The van der Waals surface area contributed by atoms with Gasteiger partial charge in [-0.15, -0.1) is 0 Å². The number of hydrogen-bond acceptors (Lipinski definition) is 6. The molecular formula is C27H31N5O3S. The molecule has 3 aromatic rings. The number of benzene rings is 1. The van der Waals surface area contributed by atoms with Gasteiger partial charge in [-0.25, -0.2) is 4.79 Å². The minimum atomic E-state index is -0.346. The van der Waals surface area contributed by atoms with Gasteiger partial charge >= 0.3 is 5.97 Å². The normalized spacial score (nSPS) is 20.4. The van der Waals surface area contributed by atoms with Gasteiger partial charge in [-0.05, 0) is 67.2 Å². The fourth-order valence-corrected chi connectivity index (χ4v) is 5.34. The average molecular weight is 506 g/mol. The number of nitrogens with one attached hydrogen (secondary N) is 1. The molecule has 2 aliphatic rings. The van der Waals surface area contributed by atoms with Crippen molar-refractivity contribution in [1.82, 2.24) is 24.7 Å². The van der Waals surface area contributed by atoms with Crippen molar-refractivity contribution in [2.24, 2.45) is 0 Å². The molecule has 2 aliphatic heterocycles. The molecule has 1 aromatic carbocycles. The maximum Gasteiger partial charge on any atom is 0.337 e. The summed E-state index contributed by atoms with van der Waals surface area (Å²) in [7, 11) is 1.39. The Labute approximate surface area is 216 Å². The summed E-state index contributed by atoms with van der Waals surface area (Å²) in [5, 5.41) is 4.29. The molecule has 4 heterocycles. The van der Waals surface area contributed by atoms with Crippen molar-refractivity contribution in [3.8, 4) is 5.69 Å². The van der Waals surface area contributed by atoms with E-state index in [0.717, 1.165) is 68.0 Å². The number of ether oxygens (including phenoxy) is 2. The number of esters is 1. The van der Waals surface area contributed by atoms with Crippen LogP contribution in [0.2, 0.25) is 0 Å². The Balaban J connectivity index is 1.43. The molecule has 188 valence electrons.